The van der Waals surface area contributed by atoms with Crippen LogP contribution in [0.1, 0.15) is 60.5 Å². The van der Waals surface area contributed by atoms with E-state index in [1.165, 1.54) is 12.8 Å². The molecule has 1 unspecified atom stereocenters. The van der Waals surface area contributed by atoms with E-state index in [1.54, 1.807) is 6.07 Å². The van der Waals surface area contributed by atoms with Crippen LogP contribution in [0.4, 0.5) is 0 Å². The Hall–Kier alpha value is -2.91. The second-order valence-corrected chi connectivity index (χ2v) is 7.61. The molecule has 0 aliphatic rings. The van der Waals surface area contributed by atoms with E-state index in [4.69, 9.17) is 4.74 Å². The van der Waals surface area contributed by atoms with Crippen molar-refractivity contribution in [1.82, 2.24) is 0 Å². The van der Waals surface area contributed by atoms with E-state index in [9.17, 15) is 9.90 Å². The molecule has 30 heavy (non-hydrogen) atoms. The molecule has 156 valence electrons. The second-order valence-electron chi connectivity index (χ2n) is 7.61. The highest BCUT2D eigenvalue weighted by atomic mass is 16.5. The highest BCUT2D eigenvalue weighted by Crippen LogP contribution is 2.32. The van der Waals surface area contributed by atoms with E-state index in [0.29, 0.717) is 29.0 Å². The SMILES string of the molecule is CCCCCCC(O)Cc1cccc(C(=O)c2ccccc2)c1Oc1ccccc1. The number of carbonyl (C=O) groups is 1. The van der Waals surface area contributed by atoms with Crippen molar-refractivity contribution in [3.8, 4) is 11.5 Å². The van der Waals surface area contributed by atoms with E-state index in [0.717, 1.165) is 24.8 Å². The van der Waals surface area contributed by atoms with Crippen molar-refractivity contribution in [3.63, 3.8) is 0 Å². The van der Waals surface area contributed by atoms with Crippen LogP contribution in [0.3, 0.4) is 0 Å². The molecule has 3 aromatic rings. The predicted molar refractivity (Wildman–Crippen MR) is 121 cm³/mol. The molecule has 1 atom stereocenters. The molecule has 0 saturated heterocycles. The van der Waals surface area contributed by atoms with E-state index < -0.39 is 6.10 Å². The molecule has 0 saturated carbocycles. The van der Waals surface area contributed by atoms with Crippen molar-refractivity contribution < 1.29 is 14.6 Å². The number of aliphatic hydroxyl groups excluding tert-OH is 1. The number of ether oxygens (including phenoxy) is 1. The number of hydrogen-bond acceptors (Lipinski definition) is 3. The topological polar surface area (TPSA) is 46.5 Å². The van der Waals surface area contributed by atoms with E-state index >= 15 is 0 Å². The lowest BCUT2D eigenvalue weighted by molar-refractivity contribution is 0.103. The molecule has 0 heterocycles. The first-order valence-electron chi connectivity index (χ1n) is 10.8. The number of benzene rings is 3. The molecule has 0 aromatic heterocycles. The summed E-state index contributed by atoms with van der Waals surface area (Å²) < 4.78 is 6.20. The van der Waals surface area contributed by atoms with Gasteiger partial charge >= 0.3 is 0 Å². The first kappa shape index (κ1) is 21.8. The lowest BCUT2D eigenvalue weighted by atomic mass is 9.96. The fourth-order valence-electron chi connectivity index (χ4n) is 3.56. The van der Waals surface area contributed by atoms with Gasteiger partial charge in [0.1, 0.15) is 11.5 Å². The van der Waals surface area contributed by atoms with Crippen LogP contribution in [-0.4, -0.2) is 17.0 Å². The van der Waals surface area contributed by atoms with Gasteiger partial charge in [-0.2, -0.15) is 0 Å². The number of carbonyl (C=O) groups excluding carboxylic acids is 1. The van der Waals surface area contributed by atoms with Gasteiger partial charge in [-0.3, -0.25) is 4.79 Å². The van der Waals surface area contributed by atoms with Crippen LogP contribution < -0.4 is 4.74 Å². The van der Waals surface area contributed by atoms with Gasteiger partial charge in [-0.15, -0.1) is 0 Å². The zero-order chi connectivity index (χ0) is 21.2. The Morgan fingerprint density at radius 2 is 1.57 bits per heavy atom. The third-order valence-corrected chi connectivity index (χ3v) is 5.19. The summed E-state index contributed by atoms with van der Waals surface area (Å²) >= 11 is 0. The molecule has 3 aromatic carbocycles. The van der Waals surface area contributed by atoms with Gasteiger partial charge in [0.05, 0.1) is 11.7 Å². The fraction of sp³-hybridized carbons (Fsp3) is 0.296. The standard InChI is InChI=1S/C27H30O3/c1-2-3-4-9-16-23(28)20-22-15-12-19-25(26(29)21-13-7-5-8-14-21)27(22)30-24-17-10-6-11-18-24/h5-8,10-15,17-19,23,28H,2-4,9,16,20H2,1H3. The van der Waals surface area contributed by atoms with Gasteiger partial charge in [0, 0.05) is 12.0 Å². The van der Waals surface area contributed by atoms with Gasteiger partial charge in [0.25, 0.3) is 0 Å². The Balaban J connectivity index is 1.88. The van der Waals surface area contributed by atoms with Crippen molar-refractivity contribution in [2.75, 3.05) is 0 Å². The molecular formula is C27H30O3. The largest absolute Gasteiger partial charge is 0.456 e. The fourth-order valence-corrected chi connectivity index (χ4v) is 3.56. The summed E-state index contributed by atoms with van der Waals surface area (Å²) in [5.74, 6) is 1.12. The lowest BCUT2D eigenvalue weighted by Crippen LogP contribution is -2.13. The Morgan fingerprint density at radius 1 is 0.867 bits per heavy atom. The smallest absolute Gasteiger partial charge is 0.196 e. The average Bonchev–Trinajstić information content (AvgIpc) is 2.79. The molecule has 1 N–H and O–H groups in total. The molecule has 3 heteroatoms. The summed E-state index contributed by atoms with van der Waals surface area (Å²) in [4.78, 5) is 13.2. The molecule has 3 rings (SSSR count). The first-order valence-corrected chi connectivity index (χ1v) is 10.8. The van der Waals surface area contributed by atoms with Crippen molar-refractivity contribution in [3.05, 3.63) is 95.6 Å². The summed E-state index contributed by atoms with van der Waals surface area (Å²) in [5, 5.41) is 10.6. The van der Waals surface area contributed by atoms with Gasteiger partial charge < -0.3 is 9.84 Å². The van der Waals surface area contributed by atoms with Crippen LogP contribution in [-0.2, 0) is 6.42 Å². The van der Waals surface area contributed by atoms with E-state index in [1.807, 2.05) is 72.8 Å². The van der Waals surface area contributed by atoms with Crippen LogP contribution in [0.2, 0.25) is 0 Å². The van der Waals surface area contributed by atoms with Crippen LogP contribution in [0.15, 0.2) is 78.9 Å². The maximum Gasteiger partial charge on any atom is 0.196 e. The quantitative estimate of drug-likeness (QED) is 0.291. The van der Waals surface area contributed by atoms with Crippen molar-refractivity contribution in [2.45, 2.75) is 51.6 Å². The Kier molecular flexibility index (Phi) is 8.22. The van der Waals surface area contributed by atoms with Crippen LogP contribution in [0, 0.1) is 0 Å². The summed E-state index contributed by atoms with van der Waals surface area (Å²) in [6.07, 6.45) is 5.26. The Labute approximate surface area is 179 Å². The maximum atomic E-state index is 13.2. The number of unbranched alkanes of at least 4 members (excludes halogenated alkanes) is 3. The van der Waals surface area contributed by atoms with Crippen molar-refractivity contribution in [2.24, 2.45) is 0 Å². The lowest BCUT2D eigenvalue weighted by Gasteiger charge is -2.18. The molecule has 0 bridgehead atoms. The van der Waals surface area contributed by atoms with Gasteiger partial charge in [-0.25, -0.2) is 0 Å². The Morgan fingerprint density at radius 3 is 2.27 bits per heavy atom. The summed E-state index contributed by atoms with van der Waals surface area (Å²) in [6.45, 7) is 2.18. The normalized spacial score (nSPS) is 11.8. The molecule has 0 spiro atoms. The van der Waals surface area contributed by atoms with Gasteiger partial charge in [-0.05, 0) is 30.2 Å². The highest BCUT2D eigenvalue weighted by Gasteiger charge is 2.20. The zero-order valence-electron chi connectivity index (χ0n) is 17.6. The zero-order valence-corrected chi connectivity index (χ0v) is 17.6. The summed E-state index contributed by atoms with van der Waals surface area (Å²) in [7, 11) is 0. The van der Waals surface area contributed by atoms with Gasteiger partial charge in [0.2, 0.25) is 0 Å². The van der Waals surface area contributed by atoms with Gasteiger partial charge in [0.15, 0.2) is 5.78 Å². The van der Waals surface area contributed by atoms with Crippen LogP contribution >= 0.6 is 0 Å². The predicted octanol–water partition coefficient (Wildman–Crippen LogP) is 6.58. The number of para-hydroxylation sites is 2. The molecule has 0 aliphatic heterocycles. The Bertz CT molecular complexity index is 919. The summed E-state index contributed by atoms with van der Waals surface area (Å²) in [5.41, 5.74) is 1.98. The molecule has 0 amide bonds. The third-order valence-electron chi connectivity index (χ3n) is 5.19. The number of rotatable bonds is 11. The molecule has 3 nitrogen and oxygen atoms in total. The monoisotopic (exact) mass is 402 g/mol. The van der Waals surface area contributed by atoms with Crippen molar-refractivity contribution in [1.29, 1.82) is 0 Å². The maximum absolute atomic E-state index is 13.2. The molecule has 0 aliphatic carbocycles. The second kappa shape index (κ2) is 11.3. The number of aliphatic hydroxyl groups is 1. The van der Waals surface area contributed by atoms with Gasteiger partial charge in [-0.1, -0.05) is 93.3 Å². The molecule has 0 radical (unpaired) electrons. The minimum atomic E-state index is -0.456. The minimum absolute atomic E-state index is 0.0826. The number of hydrogen-bond donors (Lipinski definition) is 1. The van der Waals surface area contributed by atoms with E-state index in [2.05, 4.69) is 6.92 Å². The van der Waals surface area contributed by atoms with Crippen LogP contribution in [0.25, 0.3) is 0 Å². The summed E-state index contributed by atoms with van der Waals surface area (Å²) in [6, 6.07) is 24.3. The average molecular weight is 403 g/mol. The number of ketones is 1. The third kappa shape index (κ3) is 6.04. The molecular weight excluding hydrogens is 372 g/mol. The highest BCUT2D eigenvalue weighted by molar-refractivity contribution is 6.11. The molecule has 0 fully saturated rings. The van der Waals surface area contributed by atoms with E-state index in [-0.39, 0.29) is 5.78 Å². The van der Waals surface area contributed by atoms with Crippen LogP contribution in [0.5, 0.6) is 11.5 Å². The van der Waals surface area contributed by atoms with Crippen molar-refractivity contribution >= 4 is 5.78 Å². The minimum Gasteiger partial charge on any atom is -0.456 e. The first-order chi connectivity index (χ1) is 14.7.